The lowest BCUT2D eigenvalue weighted by molar-refractivity contribution is 0.0952. The molecule has 180 valence electrons. The second-order valence-electron chi connectivity index (χ2n) is 8.20. The zero-order chi connectivity index (χ0) is 23.7. The fourth-order valence-corrected chi connectivity index (χ4v) is 4.68. The SMILES string of the molecule is CCOc1ccc(S(=O)(=O)Nc2ccc(C(=O)NCCCCN3CCN(C)CC3)cc2)cc1. The van der Waals surface area contributed by atoms with Gasteiger partial charge < -0.3 is 19.9 Å². The first-order chi connectivity index (χ1) is 15.9. The minimum absolute atomic E-state index is 0.143. The number of anilines is 1. The highest BCUT2D eigenvalue weighted by atomic mass is 32.2. The summed E-state index contributed by atoms with van der Waals surface area (Å²) in [6.45, 7) is 8.51. The van der Waals surface area contributed by atoms with E-state index in [1.165, 1.54) is 12.1 Å². The summed E-state index contributed by atoms with van der Waals surface area (Å²) in [7, 11) is -1.57. The van der Waals surface area contributed by atoms with Gasteiger partial charge in [0.05, 0.1) is 11.5 Å². The van der Waals surface area contributed by atoms with E-state index in [-0.39, 0.29) is 10.8 Å². The zero-order valence-electron chi connectivity index (χ0n) is 19.4. The minimum atomic E-state index is -3.72. The molecule has 0 unspecified atom stereocenters. The summed E-state index contributed by atoms with van der Waals surface area (Å²) in [6, 6.07) is 12.7. The van der Waals surface area contributed by atoms with E-state index >= 15 is 0 Å². The average Bonchev–Trinajstić information content (AvgIpc) is 2.81. The van der Waals surface area contributed by atoms with Crippen LogP contribution in [0.2, 0.25) is 0 Å². The number of carbonyl (C=O) groups is 1. The van der Waals surface area contributed by atoms with Gasteiger partial charge in [-0.2, -0.15) is 0 Å². The van der Waals surface area contributed by atoms with Crippen LogP contribution >= 0.6 is 0 Å². The van der Waals surface area contributed by atoms with Crippen LogP contribution in [0.1, 0.15) is 30.1 Å². The van der Waals surface area contributed by atoms with Crippen molar-refractivity contribution in [3.63, 3.8) is 0 Å². The normalized spacial score (nSPS) is 15.2. The van der Waals surface area contributed by atoms with Gasteiger partial charge in [-0.3, -0.25) is 9.52 Å². The summed E-state index contributed by atoms with van der Waals surface area (Å²) in [5.41, 5.74) is 0.894. The molecule has 8 nitrogen and oxygen atoms in total. The Morgan fingerprint density at radius 1 is 0.970 bits per heavy atom. The predicted octanol–water partition coefficient (Wildman–Crippen LogP) is 2.64. The predicted molar refractivity (Wildman–Crippen MR) is 130 cm³/mol. The van der Waals surface area contributed by atoms with E-state index in [0.29, 0.717) is 30.2 Å². The van der Waals surface area contributed by atoms with Crippen molar-refractivity contribution in [2.45, 2.75) is 24.7 Å². The molecule has 0 atom stereocenters. The number of ether oxygens (including phenoxy) is 1. The number of piperazine rings is 1. The monoisotopic (exact) mass is 474 g/mol. The van der Waals surface area contributed by atoms with Gasteiger partial charge in [0, 0.05) is 44.0 Å². The molecule has 1 amide bonds. The van der Waals surface area contributed by atoms with E-state index in [9.17, 15) is 13.2 Å². The molecule has 1 heterocycles. The Balaban J connectivity index is 1.42. The van der Waals surface area contributed by atoms with Crippen molar-refractivity contribution >= 4 is 21.6 Å². The molecule has 1 fully saturated rings. The van der Waals surface area contributed by atoms with Crippen LogP contribution in [0.4, 0.5) is 5.69 Å². The number of unbranched alkanes of at least 4 members (excludes halogenated alkanes) is 1. The molecule has 0 spiro atoms. The Morgan fingerprint density at radius 3 is 2.27 bits per heavy atom. The van der Waals surface area contributed by atoms with Gasteiger partial charge >= 0.3 is 0 Å². The molecule has 2 aromatic carbocycles. The van der Waals surface area contributed by atoms with Gasteiger partial charge in [0.2, 0.25) is 0 Å². The van der Waals surface area contributed by atoms with Gasteiger partial charge in [-0.25, -0.2) is 8.42 Å². The summed E-state index contributed by atoms with van der Waals surface area (Å²) in [5.74, 6) is 0.460. The summed E-state index contributed by atoms with van der Waals surface area (Å²) in [5, 5.41) is 2.94. The third-order valence-corrected chi connectivity index (χ3v) is 7.02. The number of likely N-dealkylation sites (N-methyl/N-ethyl adjacent to an activating group) is 1. The lowest BCUT2D eigenvalue weighted by Gasteiger charge is -2.32. The second-order valence-corrected chi connectivity index (χ2v) is 9.88. The molecule has 0 bridgehead atoms. The summed E-state index contributed by atoms with van der Waals surface area (Å²) in [6.07, 6.45) is 1.98. The maximum atomic E-state index is 12.6. The number of amides is 1. The molecule has 0 aliphatic carbocycles. The van der Waals surface area contributed by atoms with Crippen LogP contribution < -0.4 is 14.8 Å². The van der Waals surface area contributed by atoms with Crippen molar-refractivity contribution in [2.24, 2.45) is 0 Å². The summed E-state index contributed by atoms with van der Waals surface area (Å²) < 4.78 is 33.1. The number of benzene rings is 2. The molecule has 2 N–H and O–H groups in total. The molecule has 2 aromatic rings. The van der Waals surface area contributed by atoms with Crippen LogP contribution in [0.15, 0.2) is 53.4 Å². The Hall–Kier alpha value is -2.62. The fraction of sp³-hybridized carbons (Fsp3) is 0.458. The molecular weight excluding hydrogens is 440 g/mol. The van der Waals surface area contributed by atoms with Gasteiger partial charge in [-0.15, -0.1) is 0 Å². The lowest BCUT2D eigenvalue weighted by Crippen LogP contribution is -2.44. The smallest absolute Gasteiger partial charge is 0.261 e. The maximum absolute atomic E-state index is 12.6. The van der Waals surface area contributed by atoms with Crippen molar-refractivity contribution in [1.29, 1.82) is 0 Å². The zero-order valence-corrected chi connectivity index (χ0v) is 20.2. The average molecular weight is 475 g/mol. The first-order valence-corrected chi connectivity index (χ1v) is 12.9. The first kappa shape index (κ1) is 25.0. The largest absolute Gasteiger partial charge is 0.494 e. The van der Waals surface area contributed by atoms with Crippen molar-refractivity contribution < 1.29 is 17.9 Å². The van der Waals surface area contributed by atoms with E-state index < -0.39 is 10.0 Å². The van der Waals surface area contributed by atoms with Crippen LogP contribution in [0.3, 0.4) is 0 Å². The van der Waals surface area contributed by atoms with Gasteiger partial charge in [0.25, 0.3) is 15.9 Å². The number of nitrogens with zero attached hydrogens (tertiary/aromatic N) is 2. The Bertz CT molecular complexity index is 986. The van der Waals surface area contributed by atoms with Crippen molar-refractivity contribution in [2.75, 3.05) is 57.6 Å². The molecule has 0 aromatic heterocycles. The summed E-state index contributed by atoms with van der Waals surface area (Å²) >= 11 is 0. The Kier molecular flexibility index (Phi) is 9.11. The van der Waals surface area contributed by atoms with E-state index in [1.54, 1.807) is 36.4 Å². The highest BCUT2D eigenvalue weighted by molar-refractivity contribution is 7.92. The van der Waals surface area contributed by atoms with Gasteiger partial charge in [-0.1, -0.05) is 0 Å². The number of sulfonamides is 1. The summed E-state index contributed by atoms with van der Waals surface area (Å²) in [4.78, 5) is 17.3. The maximum Gasteiger partial charge on any atom is 0.261 e. The quantitative estimate of drug-likeness (QED) is 0.487. The molecule has 1 saturated heterocycles. The number of carbonyl (C=O) groups excluding carboxylic acids is 1. The van der Waals surface area contributed by atoms with E-state index in [2.05, 4.69) is 26.9 Å². The molecule has 33 heavy (non-hydrogen) atoms. The van der Waals surface area contributed by atoms with Crippen LogP contribution in [-0.2, 0) is 10.0 Å². The highest BCUT2D eigenvalue weighted by Gasteiger charge is 2.15. The van der Waals surface area contributed by atoms with Crippen molar-refractivity contribution in [3.8, 4) is 5.75 Å². The Morgan fingerprint density at radius 2 is 1.64 bits per heavy atom. The van der Waals surface area contributed by atoms with E-state index in [4.69, 9.17) is 4.74 Å². The van der Waals surface area contributed by atoms with Crippen molar-refractivity contribution in [1.82, 2.24) is 15.1 Å². The molecular formula is C24H34N4O4S. The van der Waals surface area contributed by atoms with Crippen molar-refractivity contribution in [3.05, 3.63) is 54.1 Å². The number of rotatable bonds is 11. The van der Waals surface area contributed by atoms with E-state index in [0.717, 1.165) is 45.6 Å². The van der Waals surface area contributed by atoms with E-state index in [1.807, 2.05) is 6.92 Å². The molecule has 9 heteroatoms. The van der Waals surface area contributed by atoms with Gasteiger partial charge in [0.1, 0.15) is 5.75 Å². The van der Waals surface area contributed by atoms with Crippen LogP contribution in [0.25, 0.3) is 0 Å². The van der Waals surface area contributed by atoms with Crippen LogP contribution in [0.5, 0.6) is 5.75 Å². The molecule has 3 rings (SSSR count). The first-order valence-electron chi connectivity index (χ1n) is 11.4. The molecule has 0 saturated carbocycles. The van der Waals surface area contributed by atoms with Crippen LogP contribution in [0, 0.1) is 0 Å². The lowest BCUT2D eigenvalue weighted by atomic mass is 10.2. The fourth-order valence-electron chi connectivity index (χ4n) is 3.62. The van der Waals surface area contributed by atoms with Crippen LogP contribution in [-0.4, -0.2) is 77.0 Å². The molecule has 1 aliphatic rings. The van der Waals surface area contributed by atoms with Gasteiger partial charge in [-0.05, 0) is 81.9 Å². The second kappa shape index (κ2) is 12.0. The number of hydrogen-bond acceptors (Lipinski definition) is 6. The number of hydrogen-bond donors (Lipinski definition) is 2. The molecule has 0 radical (unpaired) electrons. The Labute approximate surface area is 197 Å². The minimum Gasteiger partial charge on any atom is -0.494 e. The van der Waals surface area contributed by atoms with Gasteiger partial charge in [0.15, 0.2) is 0 Å². The highest BCUT2D eigenvalue weighted by Crippen LogP contribution is 2.19. The third kappa shape index (κ3) is 7.73. The standard InChI is InChI=1S/C24H34N4O4S/c1-3-32-22-10-12-23(13-11-22)33(30,31)26-21-8-6-20(7-9-21)24(29)25-14-4-5-15-28-18-16-27(2)17-19-28/h6-13,26H,3-5,14-19H2,1-2H3,(H,25,29). The third-order valence-electron chi connectivity index (χ3n) is 5.63. The topological polar surface area (TPSA) is 91.0 Å². The number of nitrogens with one attached hydrogen (secondary N) is 2. The molecule has 1 aliphatic heterocycles.